The zero-order valence-corrected chi connectivity index (χ0v) is 11.4. The van der Waals surface area contributed by atoms with Crippen molar-refractivity contribution in [1.82, 2.24) is 5.32 Å². The highest BCUT2D eigenvalue weighted by Crippen LogP contribution is 2.06. The molecule has 19 heavy (non-hydrogen) atoms. The number of benzene rings is 1. The number of hydrogen-bond donors (Lipinski definition) is 1. The molecule has 0 aliphatic carbocycles. The van der Waals surface area contributed by atoms with E-state index in [0.717, 1.165) is 12.0 Å². The summed E-state index contributed by atoms with van der Waals surface area (Å²) in [5.41, 5.74) is 1.45. The molecule has 1 rings (SSSR count). The Balaban J connectivity index is 2.35. The lowest BCUT2D eigenvalue weighted by Gasteiger charge is -2.14. The monoisotopic (exact) mass is 265 g/mol. The summed E-state index contributed by atoms with van der Waals surface area (Å²) >= 11 is 0. The molecular weight excluding hydrogens is 245 g/mol. The lowest BCUT2D eigenvalue weighted by molar-refractivity contribution is -0.138. The first kappa shape index (κ1) is 15.4. The fraction of sp³-hybridized carbons (Fsp3) is 0.400. The summed E-state index contributed by atoms with van der Waals surface area (Å²) in [6.45, 7) is 8.18. The molecule has 0 aliphatic rings. The average molecular weight is 265 g/mol. The molecule has 0 spiro atoms. The van der Waals surface area contributed by atoms with Crippen LogP contribution in [0.15, 0.2) is 36.4 Å². The van der Waals surface area contributed by atoms with E-state index in [4.69, 9.17) is 4.74 Å². The molecule has 1 aromatic carbocycles. The van der Waals surface area contributed by atoms with Gasteiger partial charge in [0.2, 0.25) is 0 Å². The normalized spacial score (nSPS) is 11.9. The summed E-state index contributed by atoms with van der Waals surface area (Å²) in [5.74, 6) is -0.607. The number of carbonyl (C=O) groups excluding carboxylic acids is 1. The number of nitrogens with one attached hydrogen (secondary N) is 1. The van der Waals surface area contributed by atoms with Crippen LogP contribution in [0.2, 0.25) is 0 Å². The average Bonchev–Trinajstić information content (AvgIpc) is 2.39. The number of halogens is 1. The first-order valence-corrected chi connectivity index (χ1v) is 6.35. The molecule has 0 bridgehead atoms. The quantitative estimate of drug-likeness (QED) is 0.608. The van der Waals surface area contributed by atoms with Gasteiger partial charge in [-0.1, -0.05) is 18.7 Å². The van der Waals surface area contributed by atoms with Gasteiger partial charge in [-0.2, -0.15) is 0 Å². The lowest BCUT2D eigenvalue weighted by atomic mass is 10.1. The number of ether oxygens (including phenoxy) is 1. The molecule has 0 heterocycles. The van der Waals surface area contributed by atoms with Crippen LogP contribution in [-0.2, 0) is 16.0 Å². The molecule has 3 nitrogen and oxygen atoms in total. The van der Waals surface area contributed by atoms with Crippen molar-refractivity contribution in [2.24, 2.45) is 0 Å². The van der Waals surface area contributed by atoms with Gasteiger partial charge in [0, 0.05) is 18.2 Å². The van der Waals surface area contributed by atoms with Crippen LogP contribution < -0.4 is 5.32 Å². The van der Waals surface area contributed by atoms with Gasteiger partial charge in [0.1, 0.15) is 5.82 Å². The zero-order valence-electron chi connectivity index (χ0n) is 11.4. The van der Waals surface area contributed by atoms with Gasteiger partial charge in [-0.15, -0.1) is 0 Å². The van der Waals surface area contributed by atoms with Crippen molar-refractivity contribution >= 4 is 5.97 Å². The highest BCUT2D eigenvalue weighted by atomic mass is 19.1. The van der Waals surface area contributed by atoms with E-state index in [1.807, 2.05) is 6.92 Å². The van der Waals surface area contributed by atoms with Gasteiger partial charge < -0.3 is 10.1 Å². The van der Waals surface area contributed by atoms with Crippen molar-refractivity contribution < 1.29 is 13.9 Å². The van der Waals surface area contributed by atoms with Crippen molar-refractivity contribution in [2.45, 2.75) is 26.3 Å². The fourth-order valence-corrected chi connectivity index (χ4v) is 1.65. The van der Waals surface area contributed by atoms with Crippen LogP contribution in [0, 0.1) is 5.82 Å². The van der Waals surface area contributed by atoms with E-state index in [0.29, 0.717) is 18.7 Å². The van der Waals surface area contributed by atoms with Crippen LogP contribution in [0.3, 0.4) is 0 Å². The lowest BCUT2D eigenvalue weighted by Crippen LogP contribution is -2.31. The molecule has 0 aromatic heterocycles. The third-order valence-corrected chi connectivity index (χ3v) is 2.68. The first-order chi connectivity index (χ1) is 9.02. The second kappa shape index (κ2) is 7.69. The summed E-state index contributed by atoms with van der Waals surface area (Å²) < 4.78 is 17.6. The Bertz CT molecular complexity index is 428. The maximum absolute atomic E-state index is 12.8. The van der Waals surface area contributed by atoms with E-state index in [2.05, 4.69) is 11.9 Å². The Morgan fingerprint density at radius 1 is 1.42 bits per heavy atom. The molecule has 1 N–H and O–H groups in total. The first-order valence-electron chi connectivity index (χ1n) is 6.35. The van der Waals surface area contributed by atoms with E-state index < -0.39 is 0 Å². The topological polar surface area (TPSA) is 38.3 Å². The van der Waals surface area contributed by atoms with E-state index in [9.17, 15) is 9.18 Å². The molecule has 1 atom stereocenters. The van der Waals surface area contributed by atoms with Crippen LogP contribution in [0.25, 0.3) is 0 Å². The van der Waals surface area contributed by atoms with Crippen LogP contribution in [-0.4, -0.2) is 25.2 Å². The summed E-state index contributed by atoms with van der Waals surface area (Å²) in [6, 6.07) is 6.57. The largest absolute Gasteiger partial charge is 0.463 e. The SMILES string of the molecule is C=C(CNC(C)Cc1ccc(F)cc1)C(=O)OCC. The summed E-state index contributed by atoms with van der Waals surface area (Å²) in [7, 11) is 0. The number of carbonyl (C=O) groups is 1. The van der Waals surface area contributed by atoms with Crippen LogP contribution >= 0.6 is 0 Å². The van der Waals surface area contributed by atoms with Gasteiger partial charge in [0.15, 0.2) is 0 Å². The Morgan fingerprint density at radius 3 is 2.63 bits per heavy atom. The van der Waals surface area contributed by atoms with E-state index in [-0.39, 0.29) is 17.8 Å². The minimum absolute atomic E-state index is 0.164. The van der Waals surface area contributed by atoms with Crippen molar-refractivity contribution in [3.63, 3.8) is 0 Å². The predicted octanol–water partition coefficient (Wildman–Crippen LogP) is 2.47. The smallest absolute Gasteiger partial charge is 0.334 e. The molecule has 0 radical (unpaired) electrons. The van der Waals surface area contributed by atoms with Gasteiger partial charge in [-0.25, -0.2) is 9.18 Å². The molecule has 0 fully saturated rings. The number of rotatable bonds is 7. The van der Waals surface area contributed by atoms with Crippen molar-refractivity contribution in [3.8, 4) is 0 Å². The Labute approximate surface area is 113 Å². The van der Waals surface area contributed by atoms with Gasteiger partial charge in [-0.3, -0.25) is 0 Å². The molecule has 1 aromatic rings. The zero-order chi connectivity index (χ0) is 14.3. The fourth-order valence-electron chi connectivity index (χ4n) is 1.65. The number of hydrogen-bond acceptors (Lipinski definition) is 3. The second-order valence-corrected chi connectivity index (χ2v) is 4.44. The highest BCUT2D eigenvalue weighted by molar-refractivity contribution is 5.88. The van der Waals surface area contributed by atoms with Crippen molar-refractivity contribution in [3.05, 3.63) is 47.8 Å². The third kappa shape index (κ3) is 5.66. The molecule has 4 heteroatoms. The molecular formula is C15H20FNO2. The summed E-state index contributed by atoms with van der Waals surface area (Å²) in [4.78, 5) is 11.3. The summed E-state index contributed by atoms with van der Waals surface area (Å²) in [6.07, 6.45) is 0.760. The second-order valence-electron chi connectivity index (χ2n) is 4.44. The van der Waals surface area contributed by atoms with Crippen molar-refractivity contribution in [1.29, 1.82) is 0 Å². The molecule has 104 valence electrons. The molecule has 0 saturated carbocycles. The van der Waals surface area contributed by atoms with Crippen LogP contribution in [0.4, 0.5) is 4.39 Å². The standard InChI is InChI=1S/C15H20FNO2/c1-4-19-15(18)11(2)10-17-12(3)9-13-5-7-14(16)8-6-13/h5-8,12,17H,2,4,9-10H2,1,3H3. The number of esters is 1. The molecule has 0 amide bonds. The molecule has 0 aliphatic heterocycles. The predicted molar refractivity (Wildman–Crippen MR) is 73.3 cm³/mol. The van der Waals surface area contributed by atoms with E-state index >= 15 is 0 Å². The van der Waals surface area contributed by atoms with Crippen LogP contribution in [0.1, 0.15) is 19.4 Å². The molecule has 1 unspecified atom stereocenters. The summed E-state index contributed by atoms with van der Waals surface area (Å²) in [5, 5.41) is 3.19. The van der Waals surface area contributed by atoms with Crippen LogP contribution in [0.5, 0.6) is 0 Å². The Kier molecular flexibility index (Phi) is 6.22. The van der Waals surface area contributed by atoms with Gasteiger partial charge in [0.05, 0.1) is 6.61 Å². The minimum atomic E-state index is -0.371. The van der Waals surface area contributed by atoms with Gasteiger partial charge >= 0.3 is 5.97 Å². The highest BCUT2D eigenvalue weighted by Gasteiger charge is 2.09. The maximum atomic E-state index is 12.8. The Hall–Kier alpha value is -1.68. The minimum Gasteiger partial charge on any atom is -0.463 e. The third-order valence-electron chi connectivity index (χ3n) is 2.68. The van der Waals surface area contributed by atoms with E-state index in [1.165, 1.54) is 12.1 Å². The van der Waals surface area contributed by atoms with Gasteiger partial charge in [0.25, 0.3) is 0 Å². The van der Waals surface area contributed by atoms with Crippen molar-refractivity contribution in [2.75, 3.05) is 13.2 Å². The molecule has 0 saturated heterocycles. The van der Waals surface area contributed by atoms with E-state index in [1.54, 1.807) is 19.1 Å². The maximum Gasteiger partial charge on any atom is 0.334 e. The Morgan fingerprint density at radius 2 is 2.05 bits per heavy atom. The van der Waals surface area contributed by atoms with Gasteiger partial charge in [-0.05, 0) is 38.0 Å².